The van der Waals surface area contributed by atoms with Crippen LogP contribution < -0.4 is 0 Å². The van der Waals surface area contributed by atoms with Crippen molar-refractivity contribution < 1.29 is 9.90 Å². The molecule has 0 aromatic heterocycles. The van der Waals surface area contributed by atoms with E-state index in [9.17, 15) is 9.90 Å². The monoisotopic (exact) mass is 300 g/mol. The highest BCUT2D eigenvalue weighted by Gasteiger charge is 2.31. The van der Waals surface area contributed by atoms with E-state index in [4.69, 9.17) is 0 Å². The molecule has 0 spiro atoms. The Bertz CT molecular complexity index is 554. The van der Waals surface area contributed by atoms with Crippen LogP contribution in [0.4, 0.5) is 0 Å². The summed E-state index contributed by atoms with van der Waals surface area (Å²) >= 11 is 0. The van der Waals surface area contributed by atoms with Crippen LogP contribution in [0.15, 0.2) is 58.7 Å². The Kier molecular flexibility index (Phi) is 6.76. The van der Waals surface area contributed by atoms with Gasteiger partial charge in [-0.2, -0.15) is 0 Å². The summed E-state index contributed by atoms with van der Waals surface area (Å²) in [7, 11) is 0. The molecule has 0 saturated carbocycles. The number of carbonyl (C=O) groups is 1. The summed E-state index contributed by atoms with van der Waals surface area (Å²) in [5.41, 5.74) is 4.69. The van der Waals surface area contributed by atoms with Crippen molar-refractivity contribution in [3.8, 4) is 0 Å². The number of rotatable bonds is 5. The second-order valence-corrected chi connectivity index (χ2v) is 6.79. The van der Waals surface area contributed by atoms with Gasteiger partial charge >= 0.3 is 0 Å². The Morgan fingerprint density at radius 1 is 1.18 bits per heavy atom. The van der Waals surface area contributed by atoms with Crippen molar-refractivity contribution in [3.05, 3.63) is 58.7 Å². The molecule has 22 heavy (non-hydrogen) atoms. The minimum Gasteiger partial charge on any atom is -0.393 e. The molecule has 1 aliphatic rings. The molecule has 1 rings (SSSR count). The van der Waals surface area contributed by atoms with E-state index < -0.39 is 0 Å². The average Bonchev–Trinajstić information content (AvgIpc) is 2.36. The number of carbonyl (C=O) groups excluding carboxylic acids is 1. The Labute approximate surface area is 134 Å². The van der Waals surface area contributed by atoms with Crippen LogP contribution in [-0.2, 0) is 4.79 Å². The lowest BCUT2D eigenvalue weighted by Crippen LogP contribution is -2.28. The van der Waals surface area contributed by atoms with Crippen LogP contribution in [0.3, 0.4) is 0 Å². The first-order valence-electron chi connectivity index (χ1n) is 7.79. The number of aliphatic hydroxyl groups is 1. The van der Waals surface area contributed by atoms with Crippen molar-refractivity contribution in [2.45, 2.75) is 53.6 Å². The molecule has 0 radical (unpaired) electrons. The van der Waals surface area contributed by atoms with Crippen molar-refractivity contribution in [1.82, 2.24) is 0 Å². The fourth-order valence-electron chi connectivity index (χ4n) is 2.96. The van der Waals surface area contributed by atoms with Gasteiger partial charge in [-0.25, -0.2) is 0 Å². The molecule has 2 heteroatoms. The van der Waals surface area contributed by atoms with Crippen molar-refractivity contribution in [2.24, 2.45) is 5.41 Å². The highest BCUT2D eigenvalue weighted by molar-refractivity contribution is 5.66. The lowest BCUT2D eigenvalue weighted by molar-refractivity contribution is -0.104. The molecule has 0 amide bonds. The average molecular weight is 300 g/mol. The molecular weight excluding hydrogens is 272 g/mol. The number of aliphatic hydroxyl groups excluding tert-OH is 1. The van der Waals surface area contributed by atoms with Crippen molar-refractivity contribution in [2.75, 3.05) is 0 Å². The molecule has 1 atom stereocenters. The van der Waals surface area contributed by atoms with Gasteiger partial charge in [0.15, 0.2) is 0 Å². The smallest absolute Gasteiger partial charge is 0.143 e. The predicted molar refractivity (Wildman–Crippen MR) is 93.6 cm³/mol. The molecule has 2 nitrogen and oxygen atoms in total. The van der Waals surface area contributed by atoms with Gasteiger partial charge in [0.1, 0.15) is 6.29 Å². The minimum absolute atomic E-state index is 0.0116. The van der Waals surface area contributed by atoms with Gasteiger partial charge in [0, 0.05) is 0 Å². The maximum Gasteiger partial charge on any atom is 0.143 e. The van der Waals surface area contributed by atoms with Crippen LogP contribution in [0.25, 0.3) is 0 Å². The van der Waals surface area contributed by atoms with Gasteiger partial charge < -0.3 is 5.11 Å². The van der Waals surface area contributed by atoms with Gasteiger partial charge in [-0.3, -0.25) is 4.79 Å². The summed E-state index contributed by atoms with van der Waals surface area (Å²) in [4.78, 5) is 10.3. The zero-order valence-corrected chi connectivity index (χ0v) is 14.4. The first kappa shape index (κ1) is 18.4. The Hall–Kier alpha value is -1.67. The standard InChI is InChI=1S/C20H28O2/c1-15(7-6-8-16(2)11-12-21)9-10-19-17(3)13-18(22)14-20(19,4)5/h6-12,18,22H,13-14H2,1-5H3/t18-/m1/s1. The van der Waals surface area contributed by atoms with E-state index in [-0.39, 0.29) is 11.5 Å². The molecule has 0 fully saturated rings. The molecule has 0 aromatic rings. The fraction of sp³-hybridized carbons (Fsp3) is 0.450. The van der Waals surface area contributed by atoms with E-state index in [1.54, 1.807) is 6.08 Å². The SMILES string of the molecule is CC(C=CC=C(C)C=CC1=C(C)C[C@@H](O)CC1(C)C)=CC=O. The maximum absolute atomic E-state index is 10.3. The van der Waals surface area contributed by atoms with E-state index in [0.29, 0.717) is 0 Å². The van der Waals surface area contributed by atoms with Crippen LogP contribution >= 0.6 is 0 Å². The second-order valence-electron chi connectivity index (χ2n) is 6.79. The quantitative estimate of drug-likeness (QED) is 0.454. The second kappa shape index (κ2) is 8.09. The molecule has 0 unspecified atom stereocenters. The van der Waals surface area contributed by atoms with Gasteiger partial charge in [0.05, 0.1) is 6.10 Å². The van der Waals surface area contributed by atoms with E-state index in [1.165, 1.54) is 11.1 Å². The Balaban J connectivity index is 2.84. The van der Waals surface area contributed by atoms with Gasteiger partial charge in [0.2, 0.25) is 0 Å². The summed E-state index contributed by atoms with van der Waals surface area (Å²) in [6.45, 7) is 10.4. The molecule has 0 aromatic carbocycles. The zero-order valence-electron chi connectivity index (χ0n) is 14.4. The summed E-state index contributed by atoms with van der Waals surface area (Å²) in [5, 5.41) is 9.91. The highest BCUT2D eigenvalue weighted by atomic mass is 16.3. The number of aldehydes is 1. The molecule has 1 N–H and O–H groups in total. The highest BCUT2D eigenvalue weighted by Crippen LogP contribution is 2.40. The molecule has 0 bridgehead atoms. The first-order valence-corrected chi connectivity index (χ1v) is 7.79. The lowest BCUT2D eigenvalue weighted by Gasteiger charge is -2.35. The number of hydrogen-bond donors (Lipinski definition) is 1. The van der Waals surface area contributed by atoms with Crippen LogP contribution in [-0.4, -0.2) is 17.5 Å². The molecule has 1 aliphatic carbocycles. The summed E-state index contributed by atoms with van der Waals surface area (Å²) in [5.74, 6) is 0. The molecular formula is C20H28O2. The van der Waals surface area contributed by atoms with E-state index >= 15 is 0 Å². The third kappa shape index (κ3) is 5.61. The predicted octanol–water partition coefficient (Wildman–Crippen LogP) is 4.69. The van der Waals surface area contributed by atoms with E-state index in [0.717, 1.165) is 30.3 Å². The summed E-state index contributed by atoms with van der Waals surface area (Å²) < 4.78 is 0. The van der Waals surface area contributed by atoms with E-state index in [1.807, 2.05) is 25.2 Å². The fourth-order valence-corrected chi connectivity index (χ4v) is 2.96. The van der Waals surface area contributed by atoms with E-state index in [2.05, 4.69) is 39.8 Å². The minimum atomic E-state index is -0.223. The largest absolute Gasteiger partial charge is 0.393 e. The molecule has 0 saturated heterocycles. The van der Waals surface area contributed by atoms with Crippen molar-refractivity contribution in [1.29, 1.82) is 0 Å². The first-order chi connectivity index (χ1) is 10.3. The van der Waals surface area contributed by atoms with Gasteiger partial charge in [-0.05, 0) is 56.3 Å². The van der Waals surface area contributed by atoms with Gasteiger partial charge in [-0.1, -0.05) is 55.4 Å². The van der Waals surface area contributed by atoms with Gasteiger partial charge in [-0.15, -0.1) is 0 Å². The molecule has 120 valence electrons. The number of hydrogen-bond acceptors (Lipinski definition) is 2. The zero-order chi connectivity index (χ0) is 16.8. The number of allylic oxidation sites excluding steroid dienone is 9. The molecule has 0 aliphatic heterocycles. The molecule has 0 heterocycles. The van der Waals surface area contributed by atoms with Crippen LogP contribution in [0.5, 0.6) is 0 Å². The third-order valence-corrected chi connectivity index (χ3v) is 4.04. The normalized spacial score (nSPS) is 23.6. The van der Waals surface area contributed by atoms with Gasteiger partial charge in [0.25, 0.3) is 0 Å². The summed E-state index contributed by atoms with van der Waals surface area (Å²) in [6, 6.07) is 0. The summed E-state index contributed by atoms with van der Waals surface area (Å²) in [6.07, 6.45) is 13.9. The topological polar surface area (TPSA) is 37.3 Å². The van der Waals surface area contributed by atoms with Crippen molar-refractivity contribution >= 4 is 6.29 Å². The lowest BCUT2D eigenvalue weighted by atomic mass is 9.71. The third-order valence-electron chi connectivity index (χ3n) is 4.04. The Morgan fingerprint density at radius 3 is 2.41 bits per heavy atom. The Morgan fingerprint density at radius 2 is 1.82 bits per heavy atom. The maximum atomic E-state index is 10.3. The van der Waals surface area contributed by atoms with Crippen LogP contribution in [0, 0.1) is 5.41 Å². The van der Waals surface area contributed by atoms with Crippen LogP contribution in [0.2, 0.25) is 0 Å². The van der Waals surface area contributed by atoms with Crippen LogP contribution in [0.1, 0.15) is 47.5 Å². The van der Waals surface area contributed by atoms with Crippen molar-refractivity contribution in [3.63, 3.8) is 0 Å².